The van der Waals surface area contributed by atoms with E-state index in [4.69, 9.17) is 4.18 Å². The summed E-state index contributed by atoms with van der Waals surface area (Å²) in [6, 6.07) is 20.5. The summed E-state index contributed by atoms with van der Waals surface area (Å²) in [6.45, 7) is 6.96. The minimum atomic E-state index is -4.19. The number of nitrogens with zero attached hydrogens (tertiary/aromatic N) is 2. The van der Waals surface area contributed by atoms with Crippen molar-refractivity contribution in [3.8, 4) is 16.2 Å². The van der Waals surface area contributed by atoms with Crippen LogP contribution >= 0.6 is 23.7 Å². The highest BCUT2D eigenvalue weighted by molar-refractivity contribution is 7.87. The minimum Gasteiger partial charge on any atom is -0.376 e. The predicted molar refractivity (Wildman–Crippen MR) is 194 cm³/mol. The lowest BCUT2D eigenvalue weighted by Crippen LogP contribution is -2.24. The van der Waals surface area contributed by atoms with Crippen LogP contribution in [0.5, 0.6) is 5.75 Å². The summed E-state index contributed by atoms with van der Waals surface area (Å²) >= 11 is 1.25. The van der Waals surface area contributed by atoms with Gasteiger partial charge in [-0.1, -0.05) is 62.4 Å². The molecule has 1 amide bonds. The first-order valence-corrected chi connectivity index (χ1v) is 17.7. The number of nitrogens with one attached hydrogen (secondary N) is 1. The van der Waals surface area contributed by atoms with Crippen LogP contribution in [0.4, 0.5) is 14.5 Å². The van der Waals surface area contributed by atoms with Gasteiger partial charge in [-0.25, -0.2) is 8.78 Å². The molecule has 5 aromatic rings. The molecule has 260 valence electrons. The lowest BCUT2D eigenvalue weighted by molar-refractivity contribution is -0.118. The van der Waals surface area contributed by atoms with Crippen molar-refractivity contribution in [2.24, 2.45) is 5.92 Å². The van der Waals surface area contributed by atoms with Crippen LogP contribution in [0.1, 0.15) is 44.4 Å². The maximum atomic E-state index is 14.9. The Kier molecular flexibility index (Phi) is 12.0. The molecule has 3 aromatic carbocycles. The van der Waals surface area contributed by atoms with Crippen molar-refractivity contribution in [2.45, 2.75) is 52.6 Å². The molecule has 0 saturated heterocycles. The van der Waals surface area contributed by atoms with E-state index in [2.05, 4.69) is 5.32 Å². The number of pyridine rings is 1. The Morgan fingerprint density at radius 1 is 0.918 bits per heavy atom. The van der Waals surface area contributed by atoms with Gasteiger partial charge in [-0.3, -0.25) is 14.5 Å². The quantitative estimate of drug-likeness (QED) is 0.132. The number of carbonyl (C=O) groups is 1. The number of anilines is 1. The molecule has 0 aliphatic carbocycles. The van der Waals surface area contributed by atoms with Crippen LogP contribution in [-0.4, -0.2) is 36.1 Å². The molecular formula is C36H38ClF2N3O5S2. The van der Waals surface area contributed by atoms with Gasteiger partial charge in [-0.15, -0.1) is 23.7 Å². The second kappa shape index (κ2) is 15.6. The molecule has 0 bridgehead atoms. The summed E-state index contributed by atoms with van der Waals surface area (Å²) in [6.07, 6.45) is 1.21. The third-order valence-corrected chi connectivity index (χ3v) is 10.7. The van der Waals surface area contributed by atoms with Crippen molar-refractivity contribution in [3.05, 3.63) is 118 Å². The van der Waals surface area contributed by atoms with Gasteiger partial charge in [0.15, 0.2) is 0 Å². The van der Waals surface area contributed by atoms with E-state index < -0.39 is 38.2 Å². The molecule has 0 spiro atoms. The second-order valence-corrected chi connectivity index (χ2v) is 15.3. The number of aromatic nitrogens is 1. The Bertz CT molecular complexity index is 2100. The number of halogens is 3. The summed E-state index contributed by atoms with van der Waals surface area (Å²) < 4.78 is 62.5. The van der Waals surface area contributed by atoms with Crippen molar-refractivity contribution in [2.75, 3.05) is 12.4 Å². The number of benzene rings is 3. The van der Waals surface area contributed by atoms with E-state index >= 15 is 0 Å². The Morgan fingerprint density at radius 2 is 1.55 bits per heavy atom. The molecule has 0 aliphatic heterocycles. The molecular weight excluding hydrogens is 692 g/mol. The number of hydrogen-bond acceptors (Lipinski definition) is 7. The summed E-state index contributed by atoms with van der Waals surface area (Å²) in [5.41, 5.74) is 2.10. The lowest BCUT2D eigenvalue weighted by atomic mass is 10.0. The normalized spacial score (nSPS) is 11.7. The molecule has 0 atom stereocenters. The van der Waals surface area contributed by atoms with Gasteiger partial charge in [-0.2, -0.15) is 8.42 Å². The monoisotopic (exact) mass is 729 g/mol. The molecule has 1 N–H and O–H groups in total. The van der Waals surface area contributed by atoms with E-state index in [0.717, 1.165) is 23.3 Å². The Morgan fingerprint density at radius 3 is 2.14 bits per heavy atom. The Labute approximate surface area is 294 Å². The average Bonchev–Trinajstić information content (AvgIpc) is 3.41. The molecule has 5 rings (SSSR count). The van der Waals surface area contributed by atoms with Crippen molar-refractivity contribution in [3.63, 3.8) is 0 Å². The third-order valence-electron chi connectivity index (χ3n) is 7.81. The SMILES string of the molecule is CC(C)C(=O)Nc1ccc(-c2sc3c(c2CN(C)Cc2ccccc2)c(=O)c(OS(=O)(=O)C(C)C)cn3Cc2c(F)cccc2F)cc1.Cl. The van der Waals surface area contributed by atoms with Crippen LogP contribution in [0, 0.1) is 17.6 Å². The van der Waals surface area contributed by atoms with Crippen LogP contribution in [-0.2, 0) is 34.5 Å². The fourth-order valence-corrected chi connectivity index (χ4v) is 6.97. The van der Waals surface area contributed by atoms with E-state index in [1.165, 1.54) is 42.0 Å². The fraction of sp³-hybridized carbons (Fsp3) is 0.278. The predicted octanol–water partition coefficient (Wildman–Crippen LogP) is 7.82. The highest BCUT2D eigenvalue weighted by atomic mass is 35.5. The molecule has 0 aliphatic rings. The van der Waals surface area contributed by atoms with Crippen molar-refractivity contribution in [1.29, 1.82) is 0 Å². The summed E-state index contributed by atoms with van der Waals surface area (Å²) in [4.78, 5) is 29.6. The molecule has 0 saturated carbocycles. The smallest absolute Gasteiger partial charge is 0.311 e. The first-order valence-electron chi connectivity index (χ1n) is 15.4. The van der Waals surface area contributed by atoms with Crippen LogP contribution in [0.3, 0.4) is 0 Å². The number of amides is 1. The van der Waals surface area contributed by atoms with E-state index in [1.807, 2.05) is 54.4 Å². The number of fused-ring (bicyclic) bond motifs is 1. The molecule has 8 nitrogen and oxygen atoms in total. The van der Waals surface area contributed by atoms with Crippen molar-refractivity contribution in [1.82, 2.24) is 9.47 Å². The topological polar surface area (TPSA) is 97.7 Å². The van der Waals surface area contributed by atoms with Gasteiger partial charge in [0.2, 0.25) is 17.1 Å². The summed E-state index contributed by atoms with van der Waals surface area (Å²) in [5, 5.41) is 2.12. The highest BCUT2D eigenvalue weighted by Gasteiger charge is 2.27. The number of carbonyl (C=O) groups excluding carboxylic acids is 1. The maximum Gasteiger partial charge on any atom is 0.311 e. The molecule has 2 aromatic heterocycles. The molecule has 0 fully saturated rings. The molecule has 0 unspecified atom stereocenters. The van der Waals surface area contributed by atoms with Gasteiger partial charge in [-0.05, 0) is 61.9 Å². The van der Waals surface area contributed by atoms with Gasteiger partial charge >= 0.3 is 10.1 Å². The number of hydrogen-bond donors (Lipinski definition) is 1. The Balaban J connectivity index is 0.00000541. The first kappa shape index (κ1) is 37.7. The highest BCUT2D eigenvalue weighted by Crippen LogP contribution is 2.40. The van der Waals surface area contributed by atoms with E-state index in [-0.39, 0.29) is 48.3 Å². The number of rotatable bonds is 12. The number of thiophene rings is 1. The van der Waals surface area contributed by atoms with Crippen molar-refractivity contribution < 1.29 is 26.2 Å². The van der Waals surface area contributed by atoms with E-state index in [0.29, 0.717) is 27.5 Å². The van der Waals surface area contributed by atoms with Gasteiger partial charge < -0.3 is 14.1 Å². The second-order valence-electron chi connectivity index (χ2n) is 12.2. The third kappa shape index (κ3) is 8.56. The largest absolute Gasteiger partial charge is 0.376 e. The standard InChI is InChI=1S/C36H37F2N3O5S2.ClH/c1-22(2)35(43)39-26-16-14-25(15-17-26)34-28(19-40(5)18-24-10-7-6-8-11-24)32-33(42)31(46-48(44,45)23(3)4)21-41(36(32)47-34)20-27-29(37)12-9-13-30(27)38;/h6-17,21-23H,18-20H2,1-5H3,(H,39,43);1H. The first-order chi connectivity index (χ1) is 22.7. The summed E-state index contributed by atoms with van der Waals surface area (Å²) in [7, 11) is -2.29. The van der Waals surface area contributed by atoms with Crippen LogP contribution in [0.15, 0.2) is 83.8 Å². The van der Waals surface area contributed by atoms with Gasteiger partial charge in [0.1, 0.15) is 16.5 Å². The zero-order valence-electron chi connectivity index (χ0n) is 27.7. The van der Waals surface area contributed by atoms with Crippen LogP contribution in [0.25, 0.3) is 20.7 Å². The average molecular weight is 730 g/mol. The fourth-order valence-electron chi connectivity index (χ4n) is 5.12. The van der Waals surface area contributed by atoms with Gasteiger partial charge in [0.25, 0.3) is 0 Å². The lowest BCUT2D eigenvalue weighted by Gasteiger charge is -2.18. The van der Waals surface area contributed by atoms with Crippen molar-refractivity contribution >= 4 is 55.7 Å². The Hall–Kier alpha value is -4.10. The molecule has 49 heavy (non-hydrogen) atoms. The van der Waals surface area contributed by atoms with E-state index in [1.54, 1.807) is 26.0 Å². The minimum absolute atomic E-state index is 0. The van der Waals surface area contributed by atoms with Gasteiger partial charge in [0.05, 0.1) is 23.4 Å². The van der Waals surface area contributed by atoms with E-state index in [9.17, 15) is 26.8 Å². The zero-order valence-corrected chi connectivity index (χ0v) is 30.1. The maximum absolute atomic E-state index is 14.9. The molecule has 2 heterocycles. The summed E-state index contributed by atoms with van der Waals surface area (Å²) in [5.74, 6) is -2.36. The molecule has 13 heteroatoms. The molecule has 0 radical (unpaired) electrons. The van der Waals surface area contributed by atoms with Gasteiger partial charge in [0, 0.05) is 35.1 Å². The van der Waals surface area contributed by atoms with Crippen LogP contribution < -0.4 is 14.9 Å². The van der Waals surface area contributed by atoms with Crippen LogP contribution in [0.2, 0.25) is 0 Å². The zero-order chi connectivity index (χ0) is 34.7.